The van der Waals surface area contributed by atoms with Gasteiger partial charge in [0, 0.05) is 37.7 Å². The molecular formula is C21H23Cl2N3O3. The number of halogens is 2. The predicted octanol–water partition coefficient (Wildman–Crippen LogP) is 3.87. The highest BCUT2D eigenvalue weighted by Crippen LogP contribution is 2.33. The van der Waals surface area contributed by atoms with Gasteiger partial charge in [-0.05, 0) is 42.8 Å². The van der Waals surface area contributed by atoms with E-state index in [-0.39, 0.29) is 11.9 Å². The lowest BCUT2D eigenvalue weighted by atomic mass is 10.1. The topological polar surface area (TPSA) is 54.0 Å². The molecule has 1 N–H and O–H groups in total. The molecule has 0 bridgehead atoms. The molecule has 8 heteroatoms. The molecule has 0 aliphatic carbocycles. The Kier molecular flexibility index (Phi) is 6.15. The van der Waals surface area contributed by atoms with Crippen LogP contribution in [0, 0.1) is 0 Å². The number of hydrogen-bond acceptors (Lipinski definition) is 5. The summed E-state index contributed by atoms with van der Waals surface area (Å²) in [6.07, 6.45) is 0. The molecule has 2 heterocycles. The van der Waals surface area contributed by atoms with Crippen molar-refractivity contribution >= 4 is 34.8 Å². The second-order valence-electron chi connectivity index (χ2n) is 7.29. The van der Waals surface area contributed by atoms with Crippen LogP contribution in [0.25, 0.3) is 0 Å². The van der Waals surface area contributed by atoms with E-state index in [0.717, 1.165) is 44.2 Å². The average Bonchev–Trinajstić information content (AvgIpc) is 3.18. The number of benzene rings is 2. The number of amides is 1. The van der Waals surface area contributed by atoms with Crippen LogP contribution >= 0.6 is 23.2 Å². The van der Waals surface area contributed by atoms with Crippen molar-refractivity contribution in [1.82, 2.24) is 9.80 Å². The zero-order valence-corrected chi connectivity index (χ0v) is 17.7. The number of nitrogens with zero attached hydrogens (tertiary/aromatic N) is 2. The molecule has 154 valence electrons. The summed E-state index contributed by atoms with van der Waals surface area (Å²) in [5.41, 5.74) is 1.78. The van der Waals surface area contributed by atoms with Crippen molar-refractivity contribution in [3.8, 4) is 11.5 Å². The maximum absolute atomic E-state index is 12.6. The molecule has 0 radical (unpaired) electrons. The molecule has 1 amide bonds. The van der Waals surface area contributed by atoms with Crippen LogP contribution in [0.5, 0.6) is 11.5 Å². The molecule has 6 nitrogen and oxygen atoms in total. The first-order valence-corrected chi connectivity index (χ1v) is 10.4. The molecule has 2 aromatic carbocycles. The highest BCUT2D eigenvalue weighted by molar-refractivity contribution is 6.36. The minimum atomic E-state index is -0.241. The maximum atomic E-state index is 12.6. The molecule has 0 saturated carbocycles. The average molecular weight is 436 g/mol. The van der Waals surface area contributed by atoms with E-state index in [0.29, 0.717) is 22.5 Å². The fourth-order valence-corrected chi connectivity index (χ4v) is 4.06. The standard InChI is InChI=1S/C21H23Cl2N3O3/c1-14(21(27)24-18-4-3-16(22)11-17(18)23)26-8-6-25(7-9-26)12-15-2-5-19-20(10-15)29-13-28-19/h2-5,10-11,14H,6-9,12-13H2,1H3,(H,24,27)/t14-/m1/s1. The van der Waals surface area contributed by atoms with Gasteiger partial charge in [0.05, 0.1) is 16.8 Å². The van der Waals surface area contributed by atoms with E-state index in [2.05, 4.69) is 21.2 Å². The number of fused-ring (bicyclic) bond motifs is 1. The lowest BCUT2D eigenvalue weighted by Crippen LogP contribution is -2.52. The molecule has 2 aromatic rings. The summed E-state index contributed by atoms with van der Waals surface area (Å²) in [7, 11) is 0. The fraction of sp³-hybridized carbons (Fsp3) is 0.381. The van der Waals surface area contributed by atoms with Crippen molar-refractivity contribution in [2.45, 2.75) is 19.5 Å². The normalized spacial score (nSPS) is 17.9. The SMILES string of the molecule is C[C@H](C(=O)Nc1ccc(Cl)cc1Cl)N1CCN(Cc2ccc3c(c2)OCO3)CC1. The zero-order valence-electron chi connectivity index (χ0n) is 16.2. The smallest absolute Gasteiger partial charge is 0.241 e. The Hall–Kier alpha value is -1.99. The third kappa shape index (κ3) is 4.78. The van der Waals surface area contributed by atoms with Gasteiger partial charge in [0.2, 0.25) is 12.7 Å². The molecule has 2 aliphatic rings. The lowest BCUT2D eigenvalue weighted by Gasteiger charge is -2.37. The van der Waals surface area contributed by atoms with E-state index in [1.807, 2.05) is 19.1 Å². The molecule has 0 unspecified atom stereocenters. The van der Waals surface area contributed by atoms with Crippen LogP contribution in [0.2, 0.25) is 10.0 Å². The molecule has 1 fully saturated rings. The Bertz CT molecular complexity index is 901. The quantitative estimate of drug-likeness (QED) is 0.772. The molecule has 0 spiro atoms. The number of carbonyl (C=O) groups is 1. The van der Waals surface area contributed by atoms with Crippen molar-refractivity contribution in [2.24, 2.45) is 0 Å². The molecule has 0 aromatic heterocycles. The van der Waals surface area contributed by atoms with Gasteiger partial charge in [-0.15, -0.1) is 0 Å². The van der Waals surface area contributed by atoms with Gasteiger partial charge in [0.15, 0.2) is 11.5 Å². The van der Waals surface area contributed by atoms with Gasteiger partial charge in [-0.2, -0.15) is 0 Å². The molecule has 1 atom stereocenters. The van der Waals surface area contributed by atoms with Crippen LogP contribution in [0.15, 0.2) is 36.4 Å². The van der Waals surface area contributed by atoms with Crippen LogP contribution in [0.1, 0.15) is 12.5 Å². The lowest BCUT2D eigenvalue weighted by molar-refractivity contribution is -0.121. The third-order valence-corrected chi connectivity index (χ3v) is 5.91. The van der Waals surface area contributed by atoms with Crippen molar-refractivity contribution in [3.63, 3.8) is 0 Å². The molecule has 4 rings (SSSR count). The summed E-state index contributed by atoms with van der Waals surface area (Å²) < 4.78 is 10.8. The Morgan fingerprint density at radius 3 is 2.59 bits per heavy atom. The highest BCUT2D eigenvalue weighted by Gasteiger charge is 2.26. The number of hydrogen-bond donors (Lipinski definition) is 1. The largest absolute Gasteiger partial charge is 0.454 e. The summed E-state index contributed by atoms with van der Waals surface area (Å²) in [5, 5.41) is 3.88. The van der Waals surface area contributed by atoms with Gasteiger partial charge < -0.3 is 14.8 Å². The second kappa shape index (κ2) is 8.79. The zero-order chi connectivity index (χ0) is 20.4. The van der Waals surface area contributed by atoms with Gasteiger partial charge in [0.25, 0.3) is 0 Å². The molecule has 1 saturated heterocycles. The maximum Gasteiger partial charge on any atom is 0.241 e. The van der Waals surface area contributed by atoms with Crippen molar-refractivity contribution in [1.29, 1.82) is 0 Å². The summed E-state index contributed by atoms with van der Waals surface area (Å²) >= 11 is 12.1. The summed E-state index contributed by atoms with van der Waals surface area (Å²) in [4.78, 5) is 17.2. The Morgan fingerprint density at radius 1 is 1.07 bits per heavy atom. The van der Waals surface area contributed by atoms with Crippen LogP contribution in [-0.2, 0) is 11.3 Å². The second-order valence-corrected chi connectivity index (χ2v) is 8.13. The third-order valence-electron chi connectivity index (χ3n) is 5.37. The molecule has 29 heavy (non-hydrogen) atoms. The van der Waals surface area contributed by atoms with Gasteiger partial charge >= 0.3 is 0 Å². The first kappa shape index (κ1) is 20.3. The fourth-order valence-electron chi connectivity index (χ4n) is 3.60. The van der Waals surface area contributed by atoms with E-state index in [9.17, 15) is 4.79 Å². The van der Waals surface area contributed by atoms with Crippen LogP contribution in [0.4, 0.5) is 5.69 Å². The minimum Gasteiger partial charge on any atom is -0.454 e. The van der Waals surface area contributed by atoms with E-state index in [1.165, 1.54) is 5.56 Å². The van der Waals surface area contributed by atoms with Crippen LogP contribution < -0.4 is 14.8 Å². The summed E-state index contributed by atoms with van der Waals surface area (Å²) in [5.74, 6) is 1.55. The van der Waals surface area contributed by atoms with Crippen molar-refractivity contribution in [3.05, 3.63) is 52.0 Å². The number of anilines is 1. The number of carbonyl (C=O) groups excluding carboxylic acids is 1. The number of piperazine rings is 1. The summed E-state index contributed by atoms with van der Waals surface area (Å²) in [6.45, 7) is 6.51. The summed E-state index contributed by atoms with van der Waals surface area (Å²) in [6, 6.07) is 10.9. The van der Waals surface area contributed by atoms with Crippen molar-refractivity contribution < 1.29 is 14.3 Å². The van der Waals surface area contributed by atoms with Crippen LogP contribution in [-0.4, -0.2) is 54.7 Å². The molecule has 2 aliphatic heterocycles. The highest BCUT2D eigenvalue weighted by atomic mass is 35.5. The van der Waals surface area contributed by atoms with E-state index >= 15 is 0 Å². The van der Waals surface area contributed by atoms with E-state index in [1.54, 1.807) is 18.2 Å². The van der Waals surface area contributed by atoms with Gasteiger partial charge in [-0.1, -0.05) is 29.3 Å². The minimum absolute atomic E-state index is 0.0709. The van der Waals surface area contributed by atoms with Crippen LogP contribution in [0.3, 0.4) is 0 Å². The molecular weight excluding hydrogens is 413 g/mol. The van der Waals surface area contributed by atoms with E-state index in [4.69, 9.17) is 32.7 Å². The Morgan fingerprint density at radius 2 is 1.83 bits per heavy atom. The number of nitrogens with one attached hydrogen (secondary N) is 1. The monoisotopic (exact) mass is 435 g/mol. The number of ether oxygens (including phenoxy) is 2. The number of rotatable bonds is 5. The predicted molar refractivity (Wildman–Crippen MR) is 114 cm³/mol. The van der Waals surface area contributed by atoms with Gasteiger partial charge in [-0.25, -0.2) is 0 Å². The van der Waals surface area contributed by atoms with E-state index < -0.39 is 0 Å². The first-order chi connectivity index (χ1) is 14.0. The Balaban J connectivity index is 1.29. The van der Waals surface area contributed by atoms with Gasteiger partial charge in [-0.3, -0.25) is 14.6 Å². The van der Waals surface area contributed by atoms with Crippen molar-refractivity contribution in [2.75, 3.05) is 38.3 Å². The van der Waals surface area contributed by atoms with Gasteiger partial charge in [0.1, 0.15) is 0 Å². The Labute approximate surface area is 180 Å². The first-order valence-electron chi connectivity index (χ1n) is 9.60.